The number of hydrogen-bond acceptors (Lipinski definition) is 5. The van der Waals surface area contributed by atoms with Crippen molar-refractivity contribution >= 4 is 40.6 Å². The third kappa shape index (κ3) is 5.94. The summed E-state index contributed by atoms with van der Waals surface area (Å²) in [7, 11) is 1.56. The number of fused-ring (bicyclic) bond motifs is 2. The van der Waals surface area contributed by atoms with Crippen LogP contribution in [0.15, 0.2) is 72.9 Å². The molecule has 1 aliphatic rings. The highest BCUT2D eigenvalue weighted by Gasteiger charge is 2.34. The fourth-order valence-electron chi connectivity index (χ4n) is 4.96. The van der Waals surface area contributed by atoms with Gasteiger partial charge in [-0.1, -0.05) is 36.4 Å². The first-order valence-corrected chi connectivity index (χ1v) is 13.2. The number of methoxy groups -OCH3 is 1. The number of amides is 2. The lowest BCUT2D eigenvalue weighted by Crippen LogP contribution is -2.31. The molecule has 210 valence electrons. The van der Waals surface area contributed by atoms with Gasteiger partial charge in [-0.2, -0.15) is 13.2 Å². The van der Waals surface area contributed by atoms with Crippen molar-refractivity contribution in [2.45, 2.75) is 32.0 Å². The second kappa shape index (κ2) is 11.4. The van der Waals surface area contributed by atoms with Gasteiger partial charge in [-0.15, -0.1) is 0 Å². The molecule has 2 amide bonds. The molecule has 0 saturated carbocycles. The van der Waals surface area contributed by atoms with E-state index in [0.29, 0.717) is 47.3 Å². The average Bonchev–Trinajstić information content (AvgIpc) is 3.20. The summed E-state index contributed by atoms with van der Waals surface area (Å²) in [5.41, 5.74) is 2.80. The van der Waals surface area contributed by atoms with E-state index in [1.165, 1.54) is 11.0 Å². The van der Waals surface area contributed by atoms with Gasteiger partial charge >= 0.3 is 6.18 Å². The standard InChI is InChI=1S/C32H28F3N3O3/c1-20(7-6-16-38-30(39)25-10-3-4-11-26(25)31(38)40)37-28-19-24(41-2)18-27-22(14-15-36-29(27)28)13-12-21-8-5-9-23(17-21)32(33,34)35/h3-5,8-15,17-20,37H,6-7,16H2,1-2H3/b13-12+. The number of benzene rings is 3. The number of halogens is 3. The highest BCUT2D eigenvalue weighted by molar-refractivity contribution is 6.21. The maximum Gasteiger partial charge on any atom is 0.416 e. The second-order valence-electron chi connectivity index (χ2n) is 9.92. The molecule has 1 unspecified atom stereocenters. The number of anilines is 1. The fraction of sp³-hybridized carbons (Fsp3) is 0.219. The summed E-state index contributed by atoms with van der Waals surface area (Å²) in [5.74, 6) is 0.0692. The third-order valence-corrected chi connectivity index (χ3v) is 7.06. The van der Waals surface area contributed by atoms with Crippen molar-refractivity contribution in [3.63, 3.8) is 0 Å². The van der Waals surface area contributed by atoms with Crippen LogP contribution in [0.1, 0.15) is 57.2 Å². The zero-order chi connectivity index (χ0) is 29.1. The lowest BCUT2D eigenvalue weighted by atomic mass is 10.0. The van der Waals surface area contributed by atoms with Crippen LogP contribution in [0, 0.1) is 0 Å². The molecule has 0 saturated heterocycles. The zero-order valence-corrected chi connectivity index (χ0v) is 22.5. The van der Waals surface area contributed by atoms with Crippen LogP contribution in [-0.2, 0) is 6.18 Å². The number of nitrogens with one attached hydrogen (secondary N) is 1. The maximum atomic E-state index is 13.1. The molecule has 4 aromatic rings. The largest absolute Gasteiger partial charge is 0.497 e. The molecule has 2 heterocycles. The Morgan fingerprint density at radius 1 is 0.976 bits per heavy atom. The van der Waals surface area contributed by atoms with Crippen LogP contribution in [-0.4, -0.2) is 41.4 Å². The Kier molecular flexibility index (Phi) is 7.79. The molecule has 0 bridgehead atoms. The van der Waals surface area contributed by atoms with Crippen molar-refractivity contribution in [1.82, 2.24) is 9.88 Å². The SMILES string of the molecule is COc1cc(NC(C)CCCN2C(=O)c3ccccc3C2=O)c2nccc(/C=C/c3cccc(C(F)(F)F)c3)c2c1. The zero-order valence-electron chi connectivity index (χ0n) is 22.5. The molecule has 0 spiro atoms. The predicted octanol–water partition coefficient (Wildman–Crippen LogP) is 7.31. The van der Waals surface area contributed by atoms with E-state index in [9.17, 15) is 22.8 Å². The maximum absolute atomic E-state index is 13.1. The van der Waals surface area contributed by atoms with Gasteiger partial charge in [0, 0.05) is 30.2 Å². The molecule has 6 nitrogen and oxygen atoms in total. The minimum atomic E-state index is -4.41. The minimum Gasteiger partial charge on any atom is -0.497 e. The fourth-order valence-corrected chi connectivity index (χ4v) is 4.96. The van der Waals surface area contributed by atoms with Crippen molar-refractivity contribution in [3.8, 4) is 5.75 Å². The number of ether oxygens (including phenoxy) is 1. The topological polar surface area (TPSA) is 71.5 Å². The van der Waals surface area contributed by atoms with E-state index in [1.807, 2.05) is 19.1 Å². The van der Waals surface area contributed by atoms with E-state index in [-0.39, 0.29) is 17.9 Å². The number of alkyl halides is 3. The van der Waals surface area contributed by atoms with Crippen LogP contribution >= 0.6 is 0 Å². The van der Waals surface area contributed by atoms with Gasteiger partial charge in [0.05, 0.1) is 35.0 Å². The summed E-state index contributed by atoms with van der Waals surface area (Å²) in [5, 5.41) is 4.24. The van der Waals surface area contributed by atoms with Crippen molar-refractivity contribution in [2.24, 2.45) is 0 Å². The Bertz CT molecular complexity index is 1610. The summed E-state index contributed by atoms with van der Waals surface area (Å²) < 4.78 is 44.9. The second-order valence-corrected chi connectivity index (χ2v) is 9.92. The molecule has 1 N–H and O–H groups in total. The molecule has 1 aromatic heterocycles. The van der Waals surface area contributed by atoms with Crippen molar-refractivity contribution in [2.75, 3.05) is 19.0 Å². The highest BCUT2D eigenvalue weighted by Crippen LogP contribution is 2.33. The van der Waals surface area contributed by atoms with Crippen LogP contribution in [0.5, 0.6) is 5.75 Å². The average molecular weight is 560 g/mol. The third-order valence-electron chi connectivity index (χ3n) is 7.06. The molecule has 5 rings (SSSR count). The number of imide groups is 1. The van der Waals surface area contributed by atoms with E-state index in [2.05, 4.69) is 10.3 Å². The first-order chi connectivity index (χ1) is 19.7. The highest BCUT2D eigenvalue weighted by atomic mass is 19.4. The van der Waals surface area contributed by atoms with Crippen molar-refractivity contribution < 1.29 is 27.5 Å². The summed E-state index contributed by atoms with van der Waals surface area (Å²) >= 11 is 0. The van der Waals surface area contributed by atoms with Gasteiger partial charge in [-0.3, -0.25) is 19.5 Å². The number of nitrogens with zero attached hydrogens (tertiary/aromatic N) is 2. The molecular weight excluding hydrogens is 531 g/mol. The van der Waals surface area contributed by atoms with Crippen molar-refractivity contribution in [3.05, 3.63) is 101 Å². The summed E-state index contributed by atoms with van der Waals surface area (Å²) in [6, 6.07) is 17.4. The van der Waals surface area contributed by atoms with Crippen LogP contribution < -0.4 is 10.1 Å². The van der Waals surface area contributed by atoms with Gasteiger partial charge in [-0.25, -0.2) is 0 Å². The Morgan fingerprint density at radius 3 is 2.39 bits per heavy atom. The van der Waals surface area contributed by atoms with Crippen LogP contribution in [0.2, 0.25) is 0 Å². The molecule has 3 aromatic carbocycles. The molecule has 0 radical (unpaired) electrons. The number of pyridine rings is 1. The number of hydrogen-bond donors (Lipinski definition) is 1. The molecule has 1 atom stereocenters. The van der Waals surface area contributed by atoms with Gasteiger partial charge in [-0.05, 0) is 67.3 Å². The van der Waals surface area contributed by atoms with E-state index in [4.69, 9.17) is 4.74 Å². The van der Waals surface area contributed by atoms with E-state index in [1.54, 1.807) is 61.9 Å². The van der Waals surface area contributed by atoms with E-state index < -0.39 is 11.7 Å². The molecule has 41 heavy (non-hydrogen) atoms. The number of carbonyl (C=O) groups is 2. The quantitative estimate of drug-likeness (QED) is 0.218. The first-order valence-electron chi connectivity index (χ1n) is 13.2. The normalized spacial score (nSPS) is 14.1. The Balaban J connectivity index is 1.31. The van der Waals surface area contributed by atoms with Crippen LogP contribution in [0.3, 0.4) is 0 Å². The molecule has 1 aliphatic heterocycles. The van der Waals surface area contributed by atoms with Crippen LogP contribution in [0.25, 0.3) is 23.1 Å². The minimum absolute atomic E-state index is 0.0217. The lowest BCUT2D eigenvalue weighted by molar-refractivity contribution is -0.137. The predicted molar refractivity (Wildman–Crippen MR) is 153 cm³/mol. The van der Waals surface area contributed by atoms with Gasteiger partial charge in [0.1, 0.15) is 5.75 Å². The van der Waals surface area contributed by atoms with Gasteiger partial charge in [0.15, 0.2) is 0 Å². The van der Waals surface area contributed by atoms with Crippen LogP contribution in [0.4, 0.5) is 18.9 Å². The first kappa shape index (κ1) is 27.9. The van der Waals surface area contributed by atoms with Gasteiger partial charge < -0.3 is 10.1 Å². The van der Waals surface area contributed by atoms with Gasteiger partial charge in [0.25, 0.3) is 11.8 Å². The van der Waals surface area contributed by atoms with Crippen molar-refractivity contribution in [1.29, 1.82) is 0 Å². The number of rotatable bonds is 9. The number of aromatic nitrogens is 1. The summed E-state index contributed by atoms with van der Waals surface area (Å²) in [6.45, 7) is 2.32. The molecule has 9 heteroatoms. The Hall–Kier alpha value is -4.66. The molecule has 0 fully saturated rings. The summed E-state index contributed by atoms with van der Waals surface area (Å²) in [6.07, 6.45) is 1.93. The Labute approximate surface area is 235 Å². The lowest BCUT2D eigenvalue weighted by Gasteiger charge is -2.19. The van der Waals surface area contributed by atoms with E-state index in [0.717, 1.165) is 28.8 Å². The molecular formula is C32H28F3N3O3. The number of carbonyl (C=O) groups excluding carboxylic acids is 2. The molecule has 0 aliphatic carbocycles. The van der Waals surface area contributed by atoms with E-state index >= 15 is 0 Å². The monoisotopic (exact) mass is 559 g/mol. The Morgan fingerprint density at radius 2 is 1.71 bits per heavy atom. The smallest absolute Gasteiger partial charge is 0.416 e. The van der Waals surface area contributed by atoms with Gasteiger partial charge in [0.2, 0.25) is 0 Å². The summed E-state index contributed by atoms with van der Waals surface area (Å²) in [4.78, 5) is 31.1.